The number of aliphatic carboxylic acids is 4. The summed E-state index contributed by atoms with van der Waals surface area (Å²) in [5, 5.41) is 42.3. The average Bonchev–Trinajstić information content (AvgIpc) is 3.22. The second-order valence-electron chi connectivity index (χ2n) is 16.4. The Hall–Kier alpha value is -2.36. The predicted molar refractivity (Wildman–Crippen MR) is 250 cm³/mol. The van der Waals surface area contributed by atoms with Crippen LogP contribution >= 0.6 is 0 Å². The van der Waals surface area contributed by atoms with Gasteiger partial charge in [-0.3, -0.25) is 0 Å². The molecule has 0 aliphatic heterocycles. The Morgan fingerprint density at radius 3 is 0.836 bits per heavy atom. The Morgan fingerprint density at radius 1 is 0.344 bits per heavy atom. The van der Waals surface area contributed by atoms with Crippen molar-refractivity contribution in [3.8, 4) is 0 Å². The summed E-state index contributed by atoms with van der Waals surface area (Å²) in [5.74, 6) is -5.79. The van der Waals surface area contributed by atoms with Gasteiger partial charge in [-0.1, -0.05) is 154 Å². The van der Waals surface area contributed by atoms with Crippen LogP contribution in [0.2, 0.25) is 8.87 Å². The molecule has 61 heavy (non-hydrogen) atoms. The van der Waals surface area contributed by atoms with Gasteiger partial charge >= 0.3 is 69.5 Å². The van der Waals surface area contributed by atoms with Gasteiger partial charge in [-0.25, -0.2) is 0 Å². The van der Waals surface area contributed by atoms with Crippen molar-refractivity contribution in [1.82, 2.24) is 0 Å². The molecule has 0 unspecified atom stereocenters. The van der Waals surface area contributed by atoms with Crippen molar-refractivity contribution in [2.45, 2.75) is 255 Å². The Labute approximate surface area is 385 Å². The summed E-state index contributed by atoms with van der Waals surface area (Å²) < 4.78 is 3.25. The van der Waals surface area contributed by atoms with E-state index in [1.165, 1.54) is 141 Å². The molecule has 0 spiro atoms. The summed E-state index contributed by atoms with van der Waals surface area (Å²) in [6.07, 6.45) is 49.9. The first-order valence-corrected chi connectivity index (χ1v) is 28.9. The summed E-state index contributed by atoms with van der Waals surface area (Å²) in [5.41, 5.74) is -0.360. The quantitative estimate of drug-likeness (QED) is 0.0253. The molecule has 0 heterocycles. The van der Waals surface area contributed by atoms with E-state index in [0.29, 0.717) is 25.0 Å². The van der Waals surface area contributed by atoms with Gasteiger partial charge in [0.2, 0.25) is 0 Å². The van der Waals surface area contributed by atoms with E-state index in [4.69, 9.17) is 0 Å². The van der Waals surface area contributed by atoms with Gasteiger partial charge in [0.25, 0.3) is 0 Å². The summed E-state index contributed by atoms with van der Waals surface area (Å²) >= 11 is 0.149. The fraction of sp³-hybridized carbons (Fsp3) is 0.769. The molecule has 0 saturated heterocycles. The van der Waals surface area contributed by atoms with Crippen LogP contribution in [0.5, 0.6) is 0 Å². The maximum atomic E-state index is 10.7. The molecule has 0 aliphatic rings. The molecule has 6 radical (unpaired) electrons. The first-order chi connectivity index (χ1) is 29.6. The van der Waals surface area contributed by atoms with E-state index >= 15 is 0 Å². The van der Waals surface area contributed by atoms with Gasteiger partial charge in [-0.05, 0) is 100 Å². The summed E-state index contributed by atoms with van der Waals surface area (Å²) in [6.45, 7) is 9.07. The van der Waals surface area contributed by atoms with E-state index in [2.05, 4.69) is 52.0 Å². The van der Waals surface area contributed by atoms with Crippen LogP contribution in [0, 0.1) is 0 Å². The third-order valence-corrected chi connectivity index (χ3v) is 14.5. The van der Waals surface area contributed by atoms with E-state index in [1.807, 2.05) is 0 Å². The molecule has 0 saturated carbocycles. The SMILES string of the molecule is CCCCCCCC/C=C\CCCCCCCC/C(=C/C(=O)[O-])C(=O)[O-].CCCCCCCC/C=C\CCCCCCCC/C(=C/C(=O)[O-])C(=O)[O-].CCC[CH2][Sn+4][CH2]CCC. The molecule has 0 atom stereocenters. The zero-order valence-corrected chi connectivity index (χ0v) is 42.5. The third kappa shape index (κ3) is 57.6. The molecule has 0 aromatic rings. The molecule has 350 valence electrons. The van der Waals surface area contributed by atoms with Crippen molar-refractivity contribution in [3.05, 3.63) is 47.6 Å². The van der Waals surface area contributed by atoms with Gasteiger partial charge in [-0.15, -0.1) is 0 Å². The monoisotopic (exact) mass is 963 g/mol. The van der Waals surface area contributed by atoms with Crippen LogP contribution in [0.15, 0.2) is 47.6 Å². The van der Waals surface area contributed by atoms with E-state index in [9.17, 15) is 39.6 Å². The maximum absolute atomic E-state index is 10.7. The van der Waals surface area contributed by atoms with Crippen LogP contribution in [-0.2, 0) is 19.2 Å². The number of unbranched alkanes of at least 4 members (excludes halogenated alkanes) is 26. The van der Waals surface area contributed by atoms with Crippen LogP contribution in [-0.4, -0.2) is 45.0 Å². The molecular weight excluding hydrogens is 871 g/mol. The minimum atomic E-state index is -1.48. The molecule has 9 heteroatoms. The van der Waals surface area contributed by atoms with Gasteiger partial charge in [0.05, 0.1) is 23.9 Å². The summed E-state index contributed by atoms with van der Waals surface area (Å²) in [6, 6.07) is 0. The topological polar surface area (TPSA) is 161 Å². The molecule has 0 rings (SSSR count). The first kappa shape index (κ1) is 62.9. The number of carboxylic acids is 4. The second-order valence-corrected chi connectivity index (χ2v) is 20.7. The fourth-order valence-electron chi connectivity index (χ4n) is 6.61. The number of carbonyl (C=O) groups excluding carboxylic acids is 4. The number of carboxylic acid groups (broad SMARTS) is 4. The molecule has 0 fully saturated rings. The molecule has 0 aromatic heterocycles. The van der Waals surface area contributed by atoms with E-state index in [0.717, 1.165) is 51.4 Å². The zero-order valence-electron chi connectivity index (χ0n) is 39.7. The molecule has 0 amide bonds. The Kier molecular flexibility index (Phi) is 55.5. The van der Waals surface area contributed by atoms with Gasteiger partial charge in [-0.2, -0.15) is 0 Å². The van der Waals surface area contributed by atoms with Crippen molar-refractivity contribution in [3.63, 3.8) is 0 Å². The third-order valence-electron chi connectivity index (χ3n) is 10.4. The van der Waals surface area contributed by atoms with Crippen LogP contribution in [0.3, 0.4) is 0 Å². The predicted octanol–water partition coefficient (Wildman–Crippen LogP) is 10.8. The van der Waals surface area contributed by atoms with Crippen LogP contribution in [0.4, 0.5) is 0 Å². The number of hydrogen-bond donors (Lipinski definition) is 0. The average molecular weight is 962 g/mol. The molecular formula is C52H90O8Sn. The standard InChI is InChI=1S/2C22H38O4.2C4H9.Sn/c2*1-2-3-4-5-6-7-8-9-10-11-12-13-14-15-16-17-18-20(22(25)26)19-21(23)24;2*1-3-4-2;/h2*9-10,19H,2-8,11-18H2,1H3,(H,23,24)(H,25,26);2*1,3-4H2,2H3;/q;;;;+4/p-4/b2*10-9-,20-19-;;;. The summed E-state index contributed by atoms with van der Waals surface area (Å²) in [7, 11) is 0. The van der Waals surface area contributed by atoms with Crippen molar-refractivity contribution in [1.29, 1.82) is 0 Å². The van der Waals surface area contributed by atoms with E-state index in [-0.39, 0.29) is 45.1 Å². The van der Waals surface area contributed by atoms with Crippen molar-refractivity contribution < 1.29 is 39.6 Å². The summed E-state index contributed by atoms with van der Waals surface area (Å²) in [4.78, 5) is 42.3. The van der Waals surface area contributed by atoms with Crippen LogP contribution in [0.25, 0.3) is 0 Å². The number of hydrogen-bond acceptors (Lipinski definition) is 8. The Bertz CT molecular complexity index is 1040. The van der Waals surface area contributed by atoms with Gasteiger partial charge in [0.1, 0.15) is 0 Å². The Balaban J connectivity index is -0.000000918. The minimum absolute atomic E-state index is 0.149. The van der Waals surface area contributed by atoms with Crippen molar-refractivity contribution in [2.24, 2.45) is 0 Å². The molecule has 0 aromatic carbocycles. The Morgan fingerprint density at radius 2 is 0.590 bits per heavy atom. The van der Waals surface area contributed by atoms with Gasteiger partial charge < -0.3 is 39.6 Å². The van der Waals surface area contributed by atoms with E-state index in [1.54, 1.807) is 8.87 Å². The molecule has 8 nitrogen and oxygen atoms in total. The first-order valence-electron chi connectivity index (χ1n) is 24.8. The van der Waals surface area contributed by atoms with Crippen LogP contribution in [0.1, 0.15) is 246 Å². The molecule has 0 aliphatic carbocycles. The second kappa shape index (κ2) is 53.8. The number of allylic oxidation sites excluding steroid dienone is 4. The molecule has 0 bridgehead atoms. The normalized spacial score (nSPS) is 11.7. The van der Waals surface area contributed by atoms with Crippen LogP contribution < -0.4 is 20.4 Å². The number of carbonyl (C=O) groups is 4. The van der Waals surface area contributed by atoms with Gasteiger partial charge in [0.15, 0.2) is 0 Å². The molecule has 0 N–H and O–H groups in total. The van der Waals surface area contributed by atoms with Crippen molar-refractivity contribution >= 4 is 45.0 Å². The van der Waals surface area contributed by atoms with Crippen molar-refractivity contribution in [2.75, 3.05) is 0 Å². The fourth-order valence-corrected chi connectivity index (χ4v) is 10.8. The van der Waals surface area contributed by atoms with Gasteiger partial charge in [0, 0.05) is 0 Å². The number of rotatable bonds is 42. The zero-order chi connectivity index (χ0) is 45.9. The van der Waals surface area contributed by atoms with E-state index < -0.39 is 23.9 Å².